The number of hydrogen-bond acceptors (Lipinski definition) is 3. The molecule has 13 heavy (non-hydrogen) atoms. The van der Waals surface area contributed by atoms with Crippen LogP contribution in [0.25, 0.3) is 11.4 Å². The third-order valence-corrected chi connectivity index (χ3v) is 1.77. The van der Waals surface area contributed by atoms with E-state index >= 15 is 0 Å². The molecule has 0 radical (unpaired) electrons. The van der Waals surface area contributed by atoms with E-state index in [0.29, 0.717) is 0 Å². The average molecular weight is 176 g/mol. The van der Waals surface area contributed by atoms with Crippen molar-refractivity contribution in [2.24, 2.45) is 7.05 Å². The van der Waals surface area contributed by atoms with Crippen LogP contribution in [0, 0.1) is 0 Å². The molecule has 2 rings (SSSR count). The maximum atomic E-state index is 10.9. The Labute approximate surface area is 74.1 Å². The lowest BCUT2D eigenvalue weighted by Crippen LogP contribution is -2.10. The molecule has 66 valence electrons. The van der Waals surface area contributed by atoms with Crippen molar-refractivity contribution in [3.8, 4) is 11.4 Å². The van der Waals surface area contributed by atoms with E-state index < -0.39 is 0 Å². The SMILES string of the molecule is Cn1nccc1-c1ccnc(=O)[nH]1. The molecule has 1 N–H and O–H groups in total. The second-order valence-corrected chi connectivity index (χ2v) is 2.63. The highest BCUT2D eigenvalue weighted by Crippen LogP contribution is 2.11. The van der Waals surface area contributed by atoms with Gasteiger partial charge in [-0.25, -0.2) is 9.78 Å². The highest BCUT2D eigenvalue weighted by molar-refractivity contribution is 5.52. The molecule has 0 aliphatic heterocycles. The van der Waals surface area contributed by atoms with Crippen LogP contribution in [0.3, 0.4) is 0 Å². The Hall–Kier alpha value is -1.91. The highest BCUT2D eigenvalue weighted by Gasteiger charge is 2.01. The zero-order valence-electron chi connectivity index (χ0n) is 7.06. The Morgan fingerprint density at radius 1 is 1.38 bits per heavy atom. The fraction of sp³-hybridized carbons (Fsp3) is 0.125. The van der Waals surface area contributed by atoms with Crippen LogP contribution in [0.4, 0.5) is 0 Å². The molecule has 5 heteroatoms. The third kappa shape index (κ3) is 1.35. The summed E-state index contributed by atoms with van der Waals surface area (Å²) in [5, 5.41) is 4.00. The smallest absolute Gasteiger partial charge is 0.304 e. The fourth-order valence-corrected chi connectivity index (χ4v) is 1.16. The molecule has 0 atom stereocenters. The minimum atomic E-state index is -0.348. The van der Waals surface area contributed by atoms with Gasteiger partial charge in [0.2, 0.25) is 0 Å². The second-order valence-electron chi connectivity index (χ2n) is 2.63. The predicted molar refractivity (Wildman–Crippen MR) is 47.1 cm³/mol. The first-order chi connectivity index (χ1) is 6.27. The summed E-state index contributed by atoms with van der Waals surface area (Å²) >= 11 is 0. The van der Waals surface area contributed by atoms with Crippen molar-refractivity contribution in [2.75, 3.05) is 0 Å². The molecule has 2 aromatic rings. The van der Waals surface area contributed by atoms with Gasteiger partial charge in [0.15, 0.2) is 0 Å². The lowest BCUT2D eigenvalue weighted by Gasteiger charge is -1.99. The van der Waals surface area contributed by atoms with Gasteiger partial charge in [0, 0.05) is 19.4 Å². The molecule has 0 aliphatic carbocycles. The monoisotopic (exact) mass is 176 g/mol. The van der Waals surface area contributed by atoms with Crippen LogP contribution in [0.15, 0.2) is 29.3 Å². The Bertz CT molecular complexity index is 471. The Balaban J connectivity index is 2.59. The molecule has 5 nitrogen and oxygen atoms in total. The summed E-state index contributed by atoms with van der Waals surface area (Å²) in [5.41, 5.74) is 1.23. The first-order valence-electron chi connectivity index (χ1n) is 3.81. The van der Waals surface area contributed by atoms with Crippen LogP contribution in [0.2, 0.25) is 0 Å². The Morgan fingerprint density at radius 2 is 2.23 bits per heavy atom. The first-order valence-corrected chi connectivity index (χ1v) is 3.81. The van der Waals surface area contributed by atoms with Crippen LogP contribution in [0.5, 0.6) is 0 Å². The predicted octanol–water partition coefficient (Wildman–Crippen LogP) is 0.170. The number of nitrogens with one attached hydrogen (secondary N) is 1. The van der Waals surface area contributed by atoms with Crippen molar-refractivity contribution >= 4 is 0 Å². The summed E-state index contributed by atoms with van der Waals surface area (Å²) in [6, 6.07) is 3.56. The maximum absolute atomic E-state index is 10.9. The molecule has 0 aromatic carbocycles. The van der Waals surface area contributed by atoms with Gasteiger partial charge in [-0.2, -0.15) is 5.10 Å². The molecule has 0 fully saturated rings. The largest absolute Gasteiger partial charge is 0.345 e. The van der Waals surface area contributed by atoms with Crippen molar-refractivity contribution in [1.82, 2.24) is 19.7 Å². The average Bonchev–Trinajstić information content (AvgIpc) is 2.51. The maximum Gasteiger partial charge on any atom is 0.345 e. The number of rotatable bonds is 1. The lowest BCUT2D eigenvalue weighted by molar-refractivity contribution is 0.772. The van der Waals surface area contributed by atoms with Crippen molar-refractivity contribution in [1.29, 1.82) is 0 Å². The van der Waals surface area contributed by atoms with Gasteiger partial charge in [0.05, 0.1) is 11.4 Å². The van der Waals surface area contributed by atoms with Crippen LogP contribution in [-0.2, 0) is 7.05 Å². The Morgan fingerprint density at radius 3 is 2.85 bits per heavy atom. The minimum absolute atomic E-state index is 0.348. The number of nitrogens with zero attached hydrogens (tertiary/aromatic N) is 3. The molecule has 0 saturated carbocycles. The van der Waals surface area contributed by atoms with Gasteiger partial charge in [0.1, 0.15) is 0 Å². The molecule has 2 aromatic heterocycles. The van der Waals surface area contributed by atoms with Crippen molar-refractivity contribution < 1.29 is 0 Å². The van der Waals surface area contributed by atoms with E-state index in [1.165, 1.54) is 6.20 Å². The number of aryl methyl sites for hydroxylation is 1. The second kappa shape index (κ2) is 2.85. The highest BCUT2D eigenvalue weighted by atomic mass is 16.1. The molecule has 2 heterocycles. The summed E-state index contributed by atoms with van der Waals surface area (Å²) < 4.78 is 1.69. The first kappa shape index (κ1) is 7.72. The summed E-state index contributed by atoms with van der Waals surface area (Å²) in [5.74, 6) is 0. The number of hydrogen-bond donors (Lipinski definition) is 1. The quantitative estimate of drug-likeness (QED) is 0.673. The van der Waals surface area contributed by atoms with Crippen molar-refractivity contribution in [3.05, 3.63) is 35.0 Å². The van der Waals surface area contributed by atoms with Gasteiger partial charge >= 0.3 is 5.69 Å². The summed E-state index contributed by atoms with van der Waals surface area (Å²) in [6.07, 6.45) is 3.15. The van der Waals surface area contributed by atoms with Gasteiger partial charge in [-0.3, -0.25) is 4.68 Å². The van der Waals surface area contributed by atoms with Gasteiger partial charge in [-0.1, -0.05) is 0 Å². The summed E-state index contributed by atoms with van der Waals surface area (Å²) in [7, 11) is 1.81. The van der Waals surface area contributed by atoms with E-state index in [-0.39, 0.29) is 5.69 Å². The molecule has 0 unspecified atom stereocenters. The molecular weight excluding hydrogens is 168 g/mol. The summed E-state index contributed by atoms with van der Waals surface area (Å²) in [6.45, 7) is 0. The molecule has 0 aliphatic rings. The summed E-state index contributed by atoms with van der Waals surface area (Å²) in [4.78, 5) is 17.1. The number of aromatic nitrogens is 4. The topological polar surface area (TPSA) is 63.6 Å². The number of H-pyrrole nitrogens is 1. The van der Waals surface area contributed by atoms with Gasteiger partial charge in [0.25, 0.3) is 0 Å². The van der Waals surface area contributed by atoms with Gasteiger partial charge in [-0.05, 0) is 12.1 Å². The lowest BCUT2D eigenvalue weighted by atomic mass is 10.3. The van der Waals surface area contributed by atoms with Crippen molar-refractivity contribution in [2.45, 2.75) is 0 Å². The van der Waals surface area contributed by atoms with E-state index in [1.54, 1.807) is 16.9 Å². The number of aromatic amines is 1. The normalized spacial score (nSPS) is 10.2. The van der Waals surface area contributed by atoms with Crippen LogP contribution < -0.4 is 5.69 Å². The fourth-order valence-electron chi connectivity index (χ4n) is 1.16. The zero-order chi connectivity index (χ0) is 9.26. The Kier molecular flexibility index (Phi) is 1.70. The van der Waals surface area contributed by atoms with Crippen LogP contribution >= 0.6 is 0 Å². The van der Waals surface area contributed by atoms with Gasteiger partial charge in [-0.15, -0.1) is 0 Å². The minimum Gasteiger partial charge on any atom is -0.304 e. The standard InChI is InChI=1S/C8H8N4O/c1-12-7(3-5-10-12)6-2-4-9-8(13)11-6/h2-5H,1H3,(H,9,11,13). The van der Waals surface area contributed by atoms with Gasteiger partial charge < -0.3 is 4.98 Å². The zero-order valence-corrected chi connectivity index (χ0v) is 7.06. The molecule has 0 spiro atoms. The van der Waals surface area contributed by atoms with E-state index in [4.69, 9.17) is 0 Å². The van der Waals surface area contributed by atoms with E-state index in [0.717, 1.165) is 11.4 Å². The molecule has 0 saturated heterocycles. The van der Waals surface area contributed by atoms with Crippen LogP contribution in [-0.4, -0.2) is 19.7 Å². The van der Waals surface area contributed by atoms with Crippen LogP contribution in [0.1, 0.15) is 0 Å². The molecular formula is C8H8N4O. The van der Waals surface area contributed by atoms with E-state index in [2.05, 4.69) is 15.1 Å². The molecule has 0 bridgehead atoms. The van der Waals surface area contributed by atoms with E-state index in [1.807, 2.05) is 13.1 Å². The van der Waals surface area contributed by atoms with Crippen molar-refractivity contribution in [3.63, 3.8) is 0 Å². The third-order valence-electron chi connectivity index (χ3n) is 1.77. The molecule has 0 amide bonds. The van der Waals surface area contributed by atoms with E-state index in [9.17, 15) is 4.79 Å².